The molecule has 0 saturated carbocycles. The molecule has 0 bridgehead atoms. The van der Waals surface area contributed by atoms with Crippen LogP contribution in [0.25, 0.3) is 10.4 Å². The lowest BCUT2D eigenvalue weighted by Crippen LogP contribution is -2.10. The van der Waals surface area contributed by atoms with E-state index in [2.05, 4.69) is 70.2 Å². The van der Waals surface area contributed by atoms with Crippen molar-refractivity contribution in [1.29, 1.82) is 0 Å². The molecule has 17 heavy (non-hydrogen) atoms. The second-order valence-electron chi connectivity index (χ2n) is 5.44. The normalized spacial score (nSPS) is 11.5. The highest BCUT2D eigenvalue weighted by molar-refractivity contribution is 7.15. The summed E-state index contributed by atoms with van der Waals surface area (Å²) in [6.07, 6.45) is 0. The molecule has 0 fully saturated rings. The first-order valence-electron chi connectivity index (χ1n) is 5.97. The molecule has 1 heteroatoms. The summed E-state index contributed by atoms with van der Waals surface area (Å²) in [5.41, 5.74) is 2.93. The molecule has 1 heterocycles. The van der Waals surface area contributed by atoms with Gasteiger partial charge in [0.25, 0.3) is 0 Å². The molecule has 0 aliphatic rings. The lowest BCUT2D eigenvalue weighted by Gasteiger charge is -2.17. The molecule has 1 aromatic carbocycles. The van der Waals surface area contributed by atoms with Gasteiger partial charge in [-0.25, -0.2) is 0 Å². The third kappa shape index (κ3) is 2.92. The van der Waals surface area contributed by atoms with Crippen molar-refractivity contribution in [2.24, 2.45) is 0 Å². The maximum Gasteiger partial charge on any atom is 0.238 e. The van der Waals surface area contributed by atoms with Crippen LogP contribution in [-0.4, -0.2) is 0 Å². The van der Waals surface area contributed by atoms with Gasteiger partial charge in [-0.3, -0.25) is 0 Å². The van der Waals surface area contributed by atoms with Gasteiger partial charge in [0.2, 0.25) is 21.1 Å². The van der Waals surface area contributed by atoms with E-state index in [1.807, 2.05) is 11.3 Å². The molecular weight excluding hydrogens is 224 g/mol. The summed E-state index contributed by atoms with van der Waals surface area (Å²) in [4.78, 5) is 2.73. The Labute approximate surface area is 108 Å². The lowest BCUT2D eigenvalue weighted by atomic mass is 9.87. The van der Waals surface area contributed by atoms with Gasteiger partial charge in [-0.1, -0.05) is 39.0 Å². The van der Waals surface area contributed by atoms with Gasteiger partial charge < -0.3 is 0 Å². The smallest absolute Gasteiger partial charge is 0.0622 e. The van der Waals surface area contributed by atoms with E-state index in [0.717, 1.165) is 0 Å². The molecule has 0 amide bonds. The highest BCUT2D eigenvalue weighted by atomic mass is 32.1. The van der Waals surface area contributed by atoms with Crippen molar-refractivity contribution in [1.82, 2.24) is 0 Å². The zero-order valence-electron chi connectivity index (χ0n) is 10.9. The molecule has 0 N–H and O–H groups in total. The van der Waals surface area contributed by atoms with E-state index in [1.54, 1.807) is 0 Å². The second-order valence-corrected chi connectivity index (χ2v) is 6.72. The van der Waals surface area contributed by atoms with E-state index < -0.39 is 0 Å². The Balaban J connectivity index is 2.54. The summed E-state index contributed by atoms with van der Waals surface area (Å²) >= 11 is 1.86. The van der Waals surface area contributed by atoms with Crippen molar-refractivity contribution >= 4 is 11.3 Å². The van der Waals surface area contributed by atoms with Crippen LogP contribution in [0.4, 0.5) is 0 Å². The number of aryl methyl sites for hydroxylation is 1. The molecule has 2 aromatic rings. The molecule has 0 radical (unpaired) electrons. The van der Waals surface area contributed by atoms with Crippen LogP contribution >= 0.6 is 11.3 Å². The third-order valence-corrected chi connectivity index (χ3v) is 3.85. The SMILES string of the molecule is Cc1cc(C(C)(C)C)cc(-c2ccccc2)[s+]1. The van der Waals surface area contributed by atoms with Gasteiger partial charge in [-0.05, 0) is 23.1 Å². The maximum atomic E-state index is 2.33. The molecule has 0 aliphatic heterocycles. The molecule has 1 aromatic heterocycles. The van der Waals surface area contributed by atoms with Crippen LogP contribution in [0.3, 0.4) is 0 Å². The number of rotatable bonds is 1. The van der Waals surface area contributed by atoms with E-state index in [9.17, 15) is 0 Å². The molecule has 88 valence electrons. The van der Waals surface area contributed by atoms with Gasteiger partial charge >= 0.3 is 0 Å². The fourth-order valence-corrected chi connectivity index (χ4v) is 2.78. The molecule has 2 rings (SSSR count). The van der Waals surface area contributed by atoms with E-state index in [-0.39, 0.29) is 5.41 Å². The van der Waals surface area contributed by atoms with Gasteiger partial charge in [0, 0.05) is 24.6 Å². The topological polar surface area (TPSA) is 0 Å². The summed E-state index contributed by atoms with van der Waals surface area (Å²) in [5, 5.41) is 0. The average Bonchev–Trinajstić information content (AvgIpc) is 2.28. The van der Waals surface area contributed by atoms with E-state index >= 15 is 0 Å². The van der Waals surface area contributed by atoms with Crippen LogP contribution in [-0.2, 0) is 5.41 Å². The molecule has 0 nitrogen and oxygen atoms in total. The summed E-state index contributed by atoms with van der Waals surface area (Å²) in [6.45, 7) is 8.98. The third-order valence-electron chi connectivity index (χ3n) is 2.84. The Morgan fingerprint density at radius 1 is 0.941 bits per heavy atom. The largest absolute Gasteiger partial charge is 0.238 e. The van der Waals surface area contributed by atoms with Crippen molar-refractivity contribution in [3.8, 4) is 10.4 Å². The minimum absolute atomic E-state index is 0.211. The Bertz CT molecular complexity index is 507. The predicted molar refractivity (Wildman–Crippen MR) is 77.6 cm³/mol. The molecule has 0 saturated heterocycles. The molecule has 0 unspecified atom stereocenters. The van der Waals surface area contributed by atoms with Crippen molar-refractivity contribution in [2.75, 3.05) is 0 Å². The van der Waals surface area contributed by atoms with Gasteiger partial charge in [0.15, 0.2) is 0 Å². The number of hydrogen-bond donors (Lipinski definition) is 0. The van der Waals surface area contributed by atoms with Crippen LogP contribution < -0.4 is 0 Å². The Morgan fingerprint density at radius 2 is 1.59 bits per heavy atom. The highest BCUT2D eigenvalue weighted by Gasteiger charge is 2.20. The summed E-state index contributed by atoms with van der Waals surface area (Å²) in [5.74, 6) is 0. The Hall–Kier alpha value is -1.21. The summed E-state index contributed by atoms with van der Waals surface area (Å²) < 4.78 is 0. The van der Waals surface area contributed by atoms with Gasteiger partial charge in [0.1, 0.15) is 0 Å². The Kier molecular flexibility index (Phi) is 3.30. The first-order chi connectivity index (χ1) is 7.97. The lowest BCUT2D eigenvalue weighted by molar-refractivity contribution is 0.590. The summed E-state index contributed by atoms with van der Waals surface area (Å²) in [6, 6.07) is 15.2. The van der Waals surface area contributed by atoms with Crippen molar-refractivity contribution < 1.29 is 0 Å². The molecule has 0 spiro atoms. The number of hydrogen-bond acceptors (Lipinski definition) is 0. The van der Waals surface area contributed by atoms with Crippen molar-refractivity contribution in [3.63, 3.8) is 0 Å². The van der Waals surface area contributed by atoms with Gasteiger partial charge in [-0.2, -0.15) is 0 Å². The fourth-order valence-electron chi connectivity index (χ4n) is 1.81. The number of benzene rings is 1. The van der Waals surface area contributed by atoms with Crippen LogP contribution in [0.15, 0.2) is 42.5 Å². The first kappa shape index (κ1) is 12.3. The van der Waals surface area contributed by atoms with Crippen LogP contribution in [0, 0.1) is 6.92 Å². The van der Waals surface area contributed by atoms with Crippen LogP contribution in [0.2, 0.25) is 0 Å². The molecular formula is C16H19S+. The summed E-state index contributed by atoms with van der Waals surface area (Å²) in [7, 11) is 0. The maximum absolute atomic E-state index is 2.33. The van der Waals surface area contributed by atoms with Crippen molar-refractivity contribution in [2.45, 2.75) is 33.1 Å². The zero-order valence-corrected chi connectivity index (χ0v) is 11.8. The second kappa shape index (κ2) is 4.58. The van der Waals surface area contributed by atoms with Gasteiger partial charge in [0.05, 0.1) is 0 Å². The quantitative estimate of drug-likeness (QED) is 0.596. The monoisotopic (exact) mass is 243 g/mol. The van der Waals surface area contributed by atoms with Crippen molar-refractivity contribution in [3.05, 3.63) is 52.9 Å². The minimum Gasteiger partial charge on any atom is -0.0622 e. The predicted octanol–water partition coefficient (Wildman–Crippen LogP) is 5.30. The van der Waals surface area contributed by atoms with Crippen LogP contribution in [0.1, 0.15) is 31.2 Å². The Morgan fingerprint density at radius 3 is 2.18 bits per heavy atom. The average molecular weight is 243 g/mol. The molecule has 0 atom stereocenters. The van der Waals surface area contributed by atoms with E-state index in [0.29, 0.717) is 0 Å². The minimum atomic E-state index is 0.211. The zero-order chi connectivity index (χ0) is 12.5. The fraction of sp³-hybridized carbons (Fsp3) is 0.312. The van der Waals surface area contributed by atoms with Gasteiger partial charge in [-0.15, -0.1) is 0 Å². The van der Waals surface area contributed by atoms with Crippen LogP contribution in [0.5, 0.6) is 0 Å². The standard InChI is InChI=1S/C16H19S/c1-12-10-14(16(2,3)4)11-15(17-12)13-8-6-5-7-9-13/h5-11H,1-4H3/q+1. The molecule has 0 aliphatic carbocycles. The van der Waals surface area contributed by atoms with E-state index in [1.165, 1.54) is 20.9 Å². The van der Waals surface area contributed by atoms with E-state index in [4.69, 9.17) is 0 Å². The first-order valence-corrected chi connectivity index (χ1v) is 6.79. The highest BCUT2D eigenvalue weighted by Crippen LogP contribution is 2.32.